The third kappa shape index (κ3) is 2.39. The molecule has 1 nitrogen and oxygen atoms in total. The molecule has 0 radical (unpaired) electrons. The van der Waals surface area contributed by atoms with Crippen LogP contribution in [0.5, 0.6) is 0 Å². The van der Waals surface area contributed by atoms with Gasteiger partial charge in [0, 0.05) is 28.9 Å². The van der Waals surface area contributed by atoms with E-state index in [2.05, 4.69) is 35.3 Å². The van der Waals surface area contributed by atoms with Crippen molar-refractivity contribution < 1.29 is 0 Å². The van der Waals surface area contributed by atoms with Crippen LogP contribution in [0.2, 0.25) is 5.02 Å². The van der Waals surface area contributed by atoms with Gasteiger partial charge >= 0.3 is 0 Å². The first-order valence-electron chi connectivity index (χ1n) is 6.17. The molecule has 3 rings (SSSR count). The van der Waals surface area contributed by atoms with Gasteiger partial charge in [-0.1, -0.05) is 23.7 Å². The van der Waals surface area contributed by atoms with Crippen molar-refractivity contribution in [2.75, 3.05) is 11.5 Å². The summed E-state index contributed by atoms with van der Waals surface area (Å²) in [6.07, 6.45) is 3.73. The molecular formula is C15H14ClNS2. The fourth-order valence-electron chi connectivity index (χ4n) is 2.28. The molecule has 0 spiro atoms. The number of halogens is 1. The van der Waals surface area contributed by atoms with E-state index >= 15 is 0 Å². The van der Waals surface area contributed by atoms with Gasteiger partial charge in [-0.15, -0.1) is 23.5 Å². The fraction of sp³-hybridized carbons (Fsp3) is 0.267. The lowest BCUT2D eigenvalue weighted by atomic mass is 10.0. The Morgan fingerprint density at radius 2 is 1.74 bits per heavy atom. The molecule has 1 aromatic heterocycles. The minimum absolute atomic E-state index is 0.0275. The van der Waals surface area contributed by atoms with Gasteiger partial charge in [0.25, 0.3) is 0 Å². The summed E-state index contributed by atoms with van der Waals surface area (Å²) >= 11 is 10.3. The van der Waals surface area contributed by atoms with Crippen LogP contribution in [-0.4, -0.2) is 16.5 Å². The molecule has 1 fully saturated rings. The summed E-state index contributed by atoms with van der Waals surface area (Å²) in [5.41, 5.74) is 3.71. The van der Waals surface area contributed by atoms with Crippen LogP contribution < -0.4 is 0 Å². The van der Waals surface area contributed by atoms with Gasteiger partial charge < -0.3 is 0 Å². The molecule has 0 amide bonds. The monoisotopic (exact) mass is 307 g/mol. The van der Waals surface area contributed by atoms with E-state index in [1.165, 1.54) is 22.6 Å². The van der Waals surface area contributed by atoms with Gasteiger partial charge in [0.2, 0.25) is 0 Å². The molecule has 2 aromatic rings. The van der Waals surface area contributed by atoms with Gasteiger partial charge in [-0.2, -0.15) is 0 Å². The minimum atomic E-state index is -0.0275. The average Bonchev–Trinajstić information content (AvgIpc) is 2.93. The third-order valence-electron chi connectivity index (χ3n) is 3.31. The number of pyridine rings is 1. The Bertz CT molecular complexity index is 580. The lowest BCUT2D eigenvalue weighted by Crippen LogP contribution is -2.16. The normalized spacial score (nSPS) is 17.6. The molecule has 0 N–H and O–H groups in total. The number of rotatable bonds is 2. The first-order valence-corrected chi connectivity index (χ1v) is 8.52. The van der Waals surface area contributed by atoms with Gasteiger partial charge in [-0.3, -0.25) is 4.98 Å². The van der Waals surface area contributed by atoms with E-state index in [1.54, 1.807) is 0 Å². The zero-order valence-corrected chi connectivity index (χ0v) is 13.0. The molecule has 0 atom stereocenters. The number of hydrogen-bond acceptors (Lipinski definition) is 3. The zero-order valence-electron chi connectivity index (χ0n) is 10.6. The Morgan fingerprint density at radius 1 is 1.05 bits per heavy atom. The number of hydrogen-bond donors (Lipinski definition) is 0. The van der Waals surface area contributed by atoms with E-state index in [4.69, 9.17) is 11.6 Å². The third-order valence-corrected chi connectivity index (χ3v) is 7.25. The van der Waals surface area contributed by atoms with Gasteiger partial charge in [-0.05, 0) is 41.8 Å². The van der Waals surface area contributed by atoms with Gasteiger partial charge in [0.05, 0.1) is 0 Å². The maximum atomic E-state index is 6.31. The zero-order chi connectivity index (χ0) is 13.3. The number of benzene rings is 1. The van der Waals surface area contributed by atoms with E-state index < -0.39 is 0 Å². The van der Waals surface area contributed by atoms with Crippen molar-refractivity contribution in [2.45, 2.75) is 11.0 Å². The van der Waals surface area contributed by atoms with Crippen LogP contribution >= 0.6 is 35.1 Å². The van der Waals surface area contributed by atoms with Crippen molar-refractivity contribution in [3.63, 3.8) is 0 Å². The smallest absolute Gasteiger partial charge is 0.111 e. The summed E-state index contributed by atoms with van der Waals surface area (Å²) in [7, 11) is 0. The Morgan fingerprint density at radius 3 is 2.37 bits per heavy atom. The Hall–Kier alpha value is -0.640. The summed E-state index contributed by atoms with van der Waals surface area (Å²) in [6, 6.07) is 10.6. The molecule has 1 aliphatic heterocycles. The lowest BCUT2D eigenvalue weighted by molar-refractivity contribution is 1.07. The largest absolute Gasteiger partial charge is 0.265 e. The Balaban J connectivity index is 2.13. The predicted molar refractivity (Wildman–Crippen MR) is 86.1 cm³/mol. The van der Waals surface area contributed by atoms with E-state index in [-0.39, 0.29) is 4.08 Å². The molecule has 1 saturated heterocycles. The standard InChI is InChI=1S/C15H14ClNS2/c1-11-2-3-13(10-14(11)16)15(18-8-9-19-15)12-4-6-17-7-5-12/h2-7,10H,8-9H2,1H3. The van der Waals surface area contributed by atoms with E-state index in [9.17, 15) is 0 Å². The Kier molecular flexibility index (Phi) is 3.79. The second kappa shape index (κ2) is 5.39. The summed E-state index contributed by atoms with van der Waals surface area (Å²) < 4.78 is -0.0275. The number of thioether (sulfide) groups is 2. The minimum Gasteiger partial charge on any atom is -0.265 e. The quantitative estimate of drug-likeness (QED) is 0.796. The first kappa shape index (κ1) is 13.3. The van der Waals surface area contributed by atoms with Gasteiger partial charge in [0.15, 0.2) is 0 Å². The second-order valence-corrected chi connectivity index (χ2v) is 7.80. The van der Waals surface area contributed by atoms with E-state index in [1.807, 2.05) is 42.8 Å². The molecule has 98 valence electrons. The second-order valence-electron chi connectivity index (χ2n) is 4.51. The van der Waals surface area contributed by atoms with Gasteiger partial charge in [-0.25, -0.2) is 0 Å². The number of aryl methyl sites for hydroxylation is 1. The van der Waals surface area contributed by atoms with Crippen molar-refractivity contribution >= 4 is 35.1 Å². The molecule has 4 heteroatoms. The lowest BCUT2D eigenvalue weighted by Gasteiger charge is -2.28. The molecule has 0 aliphatic carbocycles. The fourth-order valence-corrected chi connectivity index (χ4v) is 5.73. The van der Waals surface area contributed by atoms with Crippen LogP contribution in [-0.2, 0) is 4.08 Å². The van der Waals surface area contributed by atoms with Crippen molar-refractivity contribution in [3.8, 4) is 0 Å². The van der Waals surface area contributed by atoms with Gasteiger partial charge in [0.1, 0.15) is 4.08 Å². The SMILES string of the molecule is Cc1ccc(C2(c3ccncc3)SCCS2)cc1Cl. The van der Waals surface area contributed by atoms with E-state index in [0.29, 0.717) is 0 Å². The highest BCUT2D eigenvalue weighted by Crippen LogP contribution is 2.56. The van der Waals surface area contributed by atoms with Crippen LogP contribution in [0.4, 0.5) is 0 Å². The highest BCUT2D eigenvalue weighted by Gasteiger charge is 2.39. The average molecular weight is 308 g/mol. The predicted octanol–water partition coefficient (Wildman–Crippen LogP) is 4.72. The number of nitrogens with zero attached hydrogens (tertiary/aromatic N) is 1. The summed E-state index contributed by atoms with van der Waals surface area (Å²) in [5, 5.41) is 0.846. The van der Waals surface area contributed by atoms with Crippen molar-refractivity contribution in [2.24, 2.45) is 0 Å². The maximum absolute atomic E-state index is 6.31. The van der Waals surface area contributed by atoms with Crippen LogP contribution in [0.15, 0.2) is 42.7 Å². The molecule has 0 saturated carbocycles. The molecule has 2 heterocycles. The number of aromatic nitrogens is 1. The summed E-state index contributed by atoms with van der Waals surface area (Å²) in [4.78, 5) is 4.13. The van der Waals surface area contributed by atoms with Crippen LogP contribution in [0.25, 0.3) is 0 Å². The van der Waals surface area contributed by atoms with Crippen LogP contribution in [0, 0.1) is 6.92 Å². The van der Waals surface area contributed by atoms with Crippen LogP contribution in [0.1, 0.15) is 16.7 Å². The van der Waals surface area contributed by atoms with Crippen molar-refractivity contribution in [1.29, 1.82) is 0 Å². The molecular weight excluding hydrogens is 294 g/mol. The maximum Gasteiger partial charge on any atom is 0.111 e. The topological polar surface area (TPSA) is 12.9 Å². The first-order chi connectivity index (χ1) is 9.22. The van der Waals surface area contributed by atoms with Crippen molar-refractivity contribution in [3.05, 3.63) is 64.4 Å². The highest BCUT2D eigenvalue weighted by molar-refractivity contribution is 8.20. The van der Waals surface area contributed by atoms with Crippen molar-refractivity contribution in [1.82, 2.24) is 4.98 Å². The van der Waals surface area contributed by atoms with Crippen LogP contribution in [0.3, 0.4) is 0 Å². The molecule has 1 aliphatic rings. The molecule has 0 bridgehead atoms. The van der Waals surface area contributed by atoms with E-state index in [0.717, 1.165) is 10.6 Å². The molecule has 0 unspecified atom stereocenters. The molecule has 19 heavy (non-hydrogen) atoms. The Labute approximate surface area is 127 Å². The summed E-state index contributed by atoms with van der Waals surface area (Å²) in [5.74, 6) is 2.33. The highest BCUT2D eigenvalue weighted by atomic mass is 35.5. The summed E-state index contributed by atoms with van der Waals surface area (Å²) in [6.45, 7) is 2.04. The molecule has 1 aromatic carbocycles.